The number of aliphatic carboxylic acids is 2. The van der Waals surface area contributed by atoms with Gasteiger partial charge in [0.25, 0.3) is 0 Å². The Balaban J connectivity index is 0.00000124. The number of aliphatic hydroxyl groups excluding tert-OH is 1. The van der Waals surface area contributed by atoms with Crippen molar-refractivity contribution in [3.05, 3.63) is 0 Å². The molecule has 0 spiro atoms. The fourth-order valence-electron chi connectivity index (χ4n) is 7.00. The van der Waals surface area contributed by atoms with Crippen LogP contribution in [0.25, 0.3) is 0 Å². The molecule has 2 heterocycles. The van der Waals surface area contributed by atoms with E-state index in [-0.39, 0.29) is 132 Å². The van der Waals surface area contributed by atoms with E-state index in [1.54, 1.807) is 27.7 Å². The second kappa shape index (κ2) is 43.7. The van der Waals surface area contributed by atoms with E-state index in [1.807, 2.05) is 0 Å². The Morgan fingerprint density at radius 1 is 0.439 bits per heavy atom. The zero-order valence-corrected chi connectivity index (χ0v) is 48.0. The molecule has 0 aromatic heterocycles. The van der Waals surface area contributed by atoms with E-state index >= 15 is 0 Å². The zero-order valence-electron chi connectivity index (χ0n) is 48.0. The Hall–Kier alpha value is -6.94. The minimum absolute atomic E-state index is 0.0137. The number of Topliss-reactive ketones (excluding diaryl/α,β-unsaturated/α-hetero) is 1. The average Bonchev–Trinajstić information content (AvgIpc) is 4.13. The number of unbranched alkanes of at least 4 members (excludes halogenated alkanes) is 2. The van der Waals surface area contributed by atoms with Crippen molar-refractivity contribution in [1.29, 1.82) is 0 Å². The summed E-state index contributed by atoms with van der Waals surface area (Å²) in [6.07, 6.45) is 2.09. The molecule has 2 saturated heterocycles. The number of ether oxygens (including phenoxy) is 9. The summed E-state index contributed by atoms with van der Waals surface area (Å²) in [5.41, 5.74) is 0. The Bertz CT molecular complexity index is 2080. The van der Waals surface area contributed by atoms with E-state index in [0.29, 0.717) is 32.1 Å². The van der Waals surface area contributed by atoms with Crippen molar-refractivity contribution in [3.8, 4) is 0 Å². The third-order valence-corrected chi connectivity index (χ3v) is 11.2. The lowest BCUT2D eigenvalue weighted by atomic mass is 10.1. The minimum atomic E-state index is -1.32. The van der Waals surface area contributed by atoms with Crippen molar-refractivity contribution in [2.24, 2.45) is 17.8 Å². The van der Waals surface area contributed by atoms with E-state index in [4.69, 9.17) is 48.5 Å². The molecule has 82 heavy (non-hydrogen) atoms. The zero-order chi connectivity index (χ0) is 62.2. The molecule has 0 bridgehead atoms. The number of esters is 11. The molecule has 5 N–H and O–H groups in total. The van der Waals surface area contributed by atoms with Gasteiger partial charge in [-0.25, -0.2) is 4.79 Å². The van der Waals surface area contributed by atoms with E-state index in [0.717, 1.165) is 39.3 Å². The summed E-state index contributed by atoms with van der Waals surface area (Å²) < 4.78 is 44.1. The lowest BCUT2D eigenvalue weighted by molar-refractivity contribution is -0.167. The summed E-state index contributed by atoms with van der Waals surface area (Å²) in [5, 5.41) is 32.3. The van der Waals surface area contributed by atoms with Crippen LogP contribution in [0.1, 0.15) is 164 Å². The number of carbonyl (C=O) groups is 14. The van der Waals surface area contributed by atoms with Crippen molar-refractivity contribution >= 4 is 83.4 Å². The molecule has 0 aliphatic carbocycles. The van der Waals surface area contributed by atoms with Crippen molar-refractivity contribution in [2.45, 2.75) is 194 Å². The molecule has 2 fully saturated rings. The standard InChI is InChI=1S/C24H40O11.C17H23NO9.C13H21NO6/c1-17(12-20(26)27)15-34-22(29)9-5-6-10-32-21(28)8-4-7-11-33-23(30)13-18(2)16-35-24(31)14-19(3)25;1-10(9-25-17(24)12-4-3-7-18-12)8-15(22)26-13(20)5-6-14(21)27-16(23)11(2)19;1-8(6-11(15)16)19-12(17)7-9(2)20-13(18)10-4-3-5-14-10/h17-19,25H,4-16H2,1-3H3,(H,26,27);10,12,18H,3-9H2,1-2H3;8-10,14H,3-7H2,1-2H3,(H,15,16)/t;10?,12-;8?,9?,10-/m.00/s1. The summed E-state index contributed by atoms with van der Waals surface area (Å²) in [4.78, 5) is 158. The third-order valence-electron chi connectivity index (χ3n) is 11.2. The third kappa shape index (κ3) is 42.0. The molecule has 2 aliphatic heterocycles. The molecule has 2 rings (SSSR count). The Labute approximate surface area is 476 Å². The Morgan fingerprint density at radius 2 is 0.878 bits per heavy atom. The molecule has 8 atom stereocenters. The van der Waals surface area contributed by atoms with Gasteiger partial charge in [0.1, 0.15) is 24.3 Å². The second-order valence-corrected chi connectivity index (χ2v) is 20.0. The Morgan fingerprint density at radius 3 is 1.38 bits per heavy atom. The van der Waals surface area contributed by atoms with Gasteiger partial charge in [-0.3, -0.25) is 62.3 Å². The SMILES string of the molecule is CC(=O)C(=O)OC(=O)CCC(=O)OC(=O)CC(C)COC(=O)[C@@H]1CCCN1.CC(CC(=O)O)OC(=O)CC(C)OC(=O)[C@@H]1CCCN1.CC(O)CC(=O)OCC(C)CC(=O)OCCCCC(=O)OCCCCC(=O)OCC(C)CC(=O)O. The van der Waals surface area contributed by atoms with Crippen LogP contribution in [0.3, 0.4) is 0 Å². The molecule has 28 nitrogen and oxygen atoms in total. The number of rotatable bonds is 36. The van der Waals surface area contributed by atoms with Crippen molar-refractivity contribution in [1.82, 2.24) is 10.6 Å². The summed E-state index contributed by atoms with van der Waals surface area (Å²) in [7, 11) is 0. The maximum Gasteiger partial charge on any atom is 0.381 e. The molecule has 2 aliphatic rings. The lowest BCUT2D eigenvalue weighted by Gasteiger charge is -2.17. The van der Waals surface area contributed by atoms with Gasteiger partial charge in [0, 0.05) is 37.5 Å². The largest absolute Gasteiger partial charge is 0.481 e. The van der Waals surface area contributed by atoms with Crippen molar-refractivity contribution in [2.75, 3.05) is 46.1 Å². The van der Waals surface area contributed by atoms with Crippen LogP contribution < -0.4 is 10.6 Å². The highest BCUT2D eigenvalue weighted by molar-refractivity contribution is 6.34. The van der Waals surface area contributed by atoms with E-state index in [9.17, 15) is 67.1 Å². The second-order valence-electron chi connectivity index (χ2n) is 20.0. The number of aliphatic hydroxyl groups is 1. The number of ketones is 1. The maximum atomic E-state index is 11.8. The normalized spacial score (nSPS) is 16.3. The molecule has 0 radical (unpaired) electrons. The molecule has 28 heteroatoms. The number of nitrogens with one attached hydrogen (secondary N) is 2. The van der Waals surface area contributed by atoms with Crippen molar-refractivity contribution < 1.29 is 125 Å². The molecule has 466 valence electrons. The molecule has 0 aromatic rings. The Kier molecular flexibility index (Phi) is 40.0. The smallest absolute Gasteiger partial charge is 0.381 e. The minimum Gasteiger partial charge on any atom is -0.481 e. The van der Waals surface area contributed by atoms with Gasteiger partial charge >= 0.3 is 77.6 Å². The number of carbonyl (C=O) groups excluding carboxylic acids is 12. The van der Waals surface area contributed by atoms with Crippen LogP contribution in [0.15, 0.2) is 0 Å². The van der Waals surface area contributed by atoms with Crippen LogP contribution in [-0.4, -0.2) is 175 Å². The fourth-order valence-corrected chi connectivity index (χ4v) is 7.00. The molecule has 0 aromatic carbocycles. The predicted octanol–water partition coefficient (Wildman–Crippen LogP) is 2.69. The summed E-state index contributed by atoms with van der Waals surface area (Å²) in [5.74, 6) is -10.9. The van der Waals surface area contributed by atoms with Gasteiger partial charge in [0.05, 0.1) is 90.5 Å². The van der Waals surface area contributed by atoms with Crippen LogP contribution in [0.2, 0.25) is 0 Å². The fraction of sp³-hybridized carbons (Fsp3) is 0.741. The highest BCUT2D eigenvalue weighted by Gasteiger charge is 2.28. The highest BCUT2D eigenvalue weighted by Crippen LogP contribution is 2.13. The summed E-state index contributed by atoms with van der Waals surface area (Å²) in [6.45, 7) is 12.7. The molecule has 0 amide bonds. The number of carboxylic acids is 2. The molecule has 0 saturated carbocycles. The first kappa shape index (κ1) is 75.1. The van der Waals surface area contributed by atoms with E-state index in [1.165, 1.54) is 13.8 Å². The van der Waals surface area contributed by atoms with Gasteiger partial charge < -0.3 is 68.6 Å². The molecule has 6 unspecified atom stereocenters. The van der Waals surface area contributed by atoms with Crippen LogP contribution in [0, 0.1) is 17.8 Å². The predicted molar refractivity (Wildman–Crippen MR) is 280 cm³/mol. The monoisotopic (exact) mass is 1180 g/mol. The van der Waals surface area contributed by atoms with Gasteiger partial charge in [0.2, 0.25) is 5.78 Å². The average molecular weight is 1180 g/mol. The van der Waals surface area contributed by atoms with Crippen LogP contribution in [-0.2, 0) is 110 Å². The number of hydrogen-bond acceptors (Lipinski definition) is 26. The van der Waals surface area contributed by atoms with Gasteiger partial charge in [0.15, 0.2) is 0 Å². The first-order valence-electron chi connectivity index (χ1n) is 27.3. The van der Waals surface area contributed by atoms with Crippen LogP contribution >= 0.6 is 0 Å². The number of hydrogen-bond donors (Lipinski definition) is 5. The summed E-state index contributed by atoms with van der Waals surface area (Å²) in [6, 6.07) is -0.611. The quantitative estimate of drug-likeness (QED) is 0.0198. The lowest BCUT2D eigenvalue weighted by Crippen LogP contribution is -2.35. The molecular formula is C54H84N2O26. The van der Waals surface area contributed by atoms with Crippen LogP contribution in [0.5, 0.6) is 0 Å². The number of carboxylic acid groups (broad SMARTS) is 2. The first-order valence-corrected chi connectivity index (χ1v) is 27.3. The maximum absolute atomic E-state index is 11.8. The van der Waals surface area contributed by atoms with Gasteiger partial charge in [-0.2, -0.15) is 0 Å². The highest BCUT2D eigenvalue weighted by atomic mass is 16.6. The topological polar surface area (TPSA) is 407 Å². The first-order chi connectivity index (χ1) is 38.6. The van der Waals surface area contributed by atoms with E-state index < -0.39 is 96.6 Å². The van der Waals surface area contributed by atoms with Gasteiger partial charge in [-0.15, -0.1) is 0 Å². The molecular weight excluding hydrogens is 1090 g/mol. The van der Waals surface area contributed by atoms with Gasteiger partial charge in [-0.1, -0.05) is 20.8 Å². The summed E-state index contributed by atoms with van der Waals surface area (Å²) >= 11 is 0. The van der Waals surface area contributed by atoms with E-state index in [2.05, 4.69) is 20.1 Å². The van der Waals surface area contributed by atoms with Crippen molar-refractivity contribution in [3.63, 3.8) is 0 Å². The van der Waals surface area contributed by atoms with Gasteiger partial charge in [-0.05, 0) is 85.2 Å². The van der Waals surface area contributed by atoms with Crippen LogP contribution in [0.4, 0.5) is 0 Å².